The summed E-state index contributed by atoms with van der Waals surface area (Å²) in [4.78, 5) is 34.9. The van der Waals surface area contributed by atoms with Crippen LogP contribution in [0.2, 0.25) is 0 Å². The number of rotatable bonds is 8. The van der Waals surface area contributed by atoms with Crippen molar-refractivity contribution in [3.05, 3.63) is 58.1 Å². The first-order chi connectivity index (χ1) is 12.9. The summed E-state index contributed by atoms with van der Waals surface area (Å²) < 4.78 is 10.2. The van der Waals surface area contributed by atoms with Gasteiger partial charge in [-0.05, 0) is 49.6 Å². The number of nitro groups is 1. The van der Waals surface area contributed by atoms with Crippen LogP contribution in [0.5, 0.6) is 5.75 Å². The van der Waals surface area contributed by atoms with Crippen LogP contribution in [0.15, 0.2) is 47.4 Å². The fraction of sp³-hybridized carbons (Fsp3) is 0.222. The van der Waals surface area contributed by atoms with E-state index in [-0.39, 0.29) is 11.3 Å². The van der Waals surface area contributed by atoms with E-state index in [9.17, 15) is 19.7 Å². The predicted octanol–water partition coefficient (Wildman–Crippen LogP) is 3.51. The Balaban J connectivity index is 1.93. The number of thioether (sulfide) groups is 1. The lowest BCUT2D eigenvalue weighted by Gasteiger charge is -2.08. The fourth-order valence-corrected chi connectivity index (χ4v) is 2.72. The van der Waals surface area contributed by atoms with Crippen LogP contribution < -0.4 is 10.1 Å². The van der Waals surface area contributed by atoms with E-state index in [4.69, 9.17) is 9.47 Å². The number of nitrogens with zero attached hydrogens (tertiary/aromatic N) is 1. The number of hydrogen-bond acceptors (Lipinski definition) is 7. The van der Waals surface area contributed by atoms with Crippen molar-refractivity contribution in [2.75, 3.05) is 24.8 Å². The number of hydrogen-bond donors (Lipinski definition) is 1. The number of amides is 1. The molecule has 0 atom stereocenters. The Hall–Kier alpha value is -3.07. The van der Waals surface area contributed by atoms with Crippen LogP contribution >= 0.6 is 11.8 Å². The maximum absolute atomic E-state index is 12.0. The third-order valence-corrected chi connectivity index (χ3v) is 4.18. The van der Waals surface area contributed by atoms with Crippen LogP contribution in [-0.4, -0.2) is 36.3 Å². The van der Waals surface area contributed by atoms with Gasteiger partial charge in [0.25, 0.3) is 11.6 Å². The second-order valence-electron chi connectivity index (χ2n) is 5.23. The second-order valence-corrected chi connectivity index (χ2v) is 6.07. The zero-order valence-corrected chi connectivity index (χ0v) is 15.6. The number of ether oxygens (including phenoxy) is 2. The molecule has 0 aliphatic heterocycles. The summed E-state index contributed by atoms with van der Waals surface area (Å²) in [7, 11) is 0. The van der Waals surface area contributed by atoms with Gasteiger partial charge in [-0.15, -0.1) is 11.8 Å². The Kier molecular flexibility index (Phi) is 7.18. The molecule has 142 valence electrons. The first-order valence-electron chi connectivity index (χ1n) is 7.97. The molecule has 9 heteroatoms. The van der Waals surface area contributed by atoms with E-state index < -0.39 is 23.4 Å². The van der Waals surface area contributed by atoms with Gasteiger partial charge in [0, 0.05) is 11.8 Å². The molecule has 0 bridgehead atoms. The van der Waals surface area contributed by atoms with E-state index >= 15 is 0 Å². The normalized spacial score (nSPS) is 10.1. The Morgan fingerprint density at radius 3 is 2.48 bits per heavy atom. The zero-order valence-electron chi connectivity index (χ0n) is 14.8. The van der Waals surface area contributed by atoms with Gasteiger partial charge < -0.3 is 14.8 Å². The highest BCUT2D eigenvalue weighted by atomic mass is 32.2. The van der Waals surface area contributed by atoms with Gasteiger partial charge in [-0.25, -0.2) is 4.79 Å². The number of benzene rings is 2. The highest BCUT2D eigenvalue weighted by Gasteiger charge is 2.18. The average Bonchev–Trinajstić information content (AvgIpc) is 2.67. The standard InChI is InChI=1S/C18H18N2O6S/c1-3-25-14-7-5-13(6-8-14)19-17(21)11-26-18(22)12-4-9-16(27-2)15(10-12)20(23)24/h4-10H,3,11H2,1-2H3,(H,19,21). The number of carbonyl (C=O) groups is 2. The summed E-state index contributed by atoms with van der Waals surface area (Å²) in [6.07, 6.45) is 1.70. The van der Waals surface area contributed by atoms with Crippen molar-refractivity contribution in [2.24, 2.45) is 0 Å². The van der Waals surface area contributed by atoms with Crippen molar-refractivity contribution in [1.82, 2.24) is 0 Å². The smallest absolute Gasteiger partial charge is 0.338 e. The molecule has 0 aliphatic carbocycles. The molecule has 2 aromatic carbocycles. The predicted molar refractivity (Wildman–Crippen MR) is 101 cm³/mol. The van der Waals surface area contributed by atoms with Crippen molar-refractivity contribution in [3.8, 4) is 5.75 Å². The largest absolute Gasteiger partial charge is 0.494 e. The van der Waals surface area contributed by atoms with E-state index in [0.29, 0.717) is 22.9 Å². The molecule has 0 unspecified atom stereocenters. The van der Waals surface area contributed by atoms with Crippen molar-refractivity contribution >= 4 is 35.0 Å². The van der Waals surface area contributed by atoms with E-state index in [1.807, 2.05) is 6.92 Å². The van der Waals surface area contributed by atoms with Gasteiger partial charge in [0.05, 0.1) is 22.0 Å². The topological polar surface area (TPSA) is 108 Å². The van der Waals surface area contributed by atoms with Crippen LogP contribution in [0, 0.1) is 10.1 Å². The molecule has 0 aliphatic rings. The summed E-state index contributed by atoms with van der Waals surface area (Å²) in [5.74, 6) is -0.660. The van der Waals surface area contributed by atoms with E-state index in [0.717, 1.165) is 6.07 Å². The molecule has 0 heterocycles. The maximum atomic E-state index is 12.0. The molecule has 0 saturated carbocycles. The molecule has 0 saturated heterocycles. The lowest BCUT2D eigenvalue weighted by Crippen LogP contribution is -2.21. The highest BCUT2D eigenvalue weighted by molar-refractivity contribution is 7.98. The summed E-state index contributed by atoms with van der Waals surface area (Å²) in [5, 5.41) is 13.6. The molecule has 1 N–H and O–H groups in total. The minimum Gasteiger partial charge on any atom is -0.494 e. The van der Waals surface area contributed by atoms with Crippen LogP contribution in [0.3, 0.4) is 0 Å². The van der Waals surface area contributed by atoms with Gasteiger partial charge in [-0.2, -0.15) is 0 Å². The number of esters is 1. The van der Waals surface area contributed by atoms with Crippen LogP contribution in [-0.2, 0) is 9.53 Å². The number of anilines is 1. The first kappa shape index (κ1) is 20.2. The molecule has 0 radical (unpaired) electrons. The van der Waals surface area contributed by atoms with E-state index in [1.54, 1.807) is 30.5 Å². The Morgan fingerprint density at radius 2 is 1.89 bits per heavy atom. The van der Waals surface area contributed by atoms with Crippen molar-refractivity contribution in [2.45, 2.75) is 11.8 Å². The Labute approximate surface area is 160 Å². The highest BCUT2D eigenvalue weighted by Crippen LogP contribution is 2.28. The molecular weight excluding hydrogens is 372 g/mol. The van der Waals surface area contributed by atoms with E-state index in [1.165, 1.54) is 23.9 Å². The second kappa shape index (κ2) is 9.58. The molecule has 0 aromatic heterocycles. The third kappa shape index (κ3) is 5.71. The number of carbonyl (C=O) groups excluding carboxylic acids is 2. The molecule has 2 rings (SSSR count). The number of nitrogens with one attached hydrogen (secondary N) is 1. The summed E-state index contributed by atoms with van der Waals surface area (Å²) in [6, 6.07) is 10.8. The third-order valence-electron chi connectivity index (χ3n) is 3.39. The summed E-state index contributed by atoms with van der Waals surface area (Å²) in [5.41, 5.74) is 0.351. The quantitative estimate of drug-likeness (QED) is 0.318. The van der Waals surface area contributed by atoms with Gasteiger partial charge >= 0.3 is 5.97 Å². The molecule has 2 aromatic rings. The van der Waals surface area contributed by atoms with Gasteiger partial charge in [-0.3, -0.25) is 14.9 Å². The van der Waals surface area contributed by atoms with Gasteiger partial charge in [0.2, 0.25) is 0 Å². The van der Waals surface area contributed by atoms with Crippen molar-refractivity contribution in [1.29, 1.82) is 0 Å². The molecular formula is C18H18N2O6S. The molecule has 27 heavy (non-hydrogen) atoms. The van der Waals surface area contributed by atoms with Crippen LogP contribution in [0.25, 0.3) is 0 Å². The van der Waals surface area contributed by atoms with Crippen molar-refractivity contribution in [3.63, 3.8) is 0 Å². The maximum Gasteiger partial charge on any atom is 0.338 e. The molecule has 1 amide bonds. The van der Waals surface area contributed by atoms with Gasteiger partial charge in [0.15, 0.2) is 6.61 Å². The van der Waals surface area contributed by atoms with Crippen LogP contribution in [0.1, 0.15) is 17.3 Å². The lowest BCUT2D eigenvalue weighted by atomic mass is 10.2. The molecule has 0 spiro atoms. The van der Waals surface area contributed by atoms with Crippen molar-refractivity contribution < 1.29 is 24.0 Å². The monoisotopic (exact) mass is 390 g/mol. The van der Waals surface area contributed by atoms with Gasteiger partial charge in [0.1, 0.15) is 5.75 Å². The van der Waals surface area contributed by atoms with Gasteiger partial charge in [-0.1, -0.05) is 0 Å². The SMILES string of the molecule is CCOc1ccc(NC(=O)COC(=O)c2ccc(SC)c([N+](=O)[O-])c2)cc1. The lowest BCUT2D eigenvalue weighted by molar-refractivity contribution is -0.387. The fourth-order valence-electron chi connectivity index (χ4n) is 2.17. The summed E-state index contributed by atoms with van der Waals surface area (Å²) >= 11 is 1.20. The summed E-state index contributed by atoms with van der Waals surface area (Å²) in [6.45, 7) is 1.90. The Morgan fingerprint density at radius 1 is 1.19 bits per heavy atom. The minimum atomic E-state index is -0.812. The molecule has 0 fully saturated rings. The van der Waals surface area contributed by atoms with E-state index in [2.05, 4.69) is 5.32 Å². The molecule has 8 nitrogen and oxygen atoms in total. The zero-order chi connectivity index (χ0) is 19.8. The number of nitro benzene ring substituents is 1. The van der Waals surface area contributed by atoms with Crippen LogP contribution in [0.4, 0.5) is 11.4 Å². The minimum absolute atomic E-state index is 0.00775. The first-order valence-corrected chi connectivity index (χ1v) is 9.19. The Bertz CT molecular complexity index is 838. The average molecular weight is 390 g/mol.